The number of rotatable bonds is 17. The highest BCUT2D eigenvalue weighted by molar-refractivity contribution is 7.93. The van der Waals surface area contributed by atoms with Crippen LogP contribution in [0.5, 0.6) is 5.75 Å². The predicted molar refractivity (Wildman–Crippen MR) is 203 cm³/mol. The van der Waals surface area contributed by atoms with Crippen LogP contribution in [0.15, 0.2) is 79.0 Å². The van der Waals surface area contributed by atoms with Crippen LogP contribution in [0.4, 0.5) is 30.5 Å². The van der Waals surface area contributed by atoms with E-state index in [4.69, 9.17) is 19.3 Å². The lowest BCUT2D eigenvalue weighted by atomic mass is 10.1. The molecule has 2 aromatic heterocycles. The Morgan fingerprint density at radius 1 is 1.02 bits per heavy atom. The summed E-state index contributed by atoms with van der Waals surface area (Å²) in [6.07, 6.45) is 0.955. The van der Waals surface area contributed by atoms with Crippen LogP contribution in [-0.4, -0.2) is 61.5 Å². The third kappa shape index (κ3) is 10.5. The number of hydrogen-bond donors (Lipinski definition) is 2. The number of aromatic nitrogens is 4. The molecule has 0 aliphatic rings. The summed E-state index contributed by atoms with van der Waals surface area (Å²) < 4.78 is 86.7. The van der Waals surface area contributed by atoms with Gasteiger partial charge in [0.05, 0.1) is 24.9 Å². The number of nitrogens with zero attached hydrogens (tertiary/aromatic N) is 5. The van der Waals surface area contributed by atoms with Crippen LogP contribution in [-0.2, 0) is 32.8 Å². The van der Waals surface area contributed by atoms with E-state index in [-0.39, 0.29) is 35.2 Å². The van der Waals surface area contributed by atoms with Crippen molar-refractivity contribution in [1.82, 2.24) is 19.6 Å². The quantitative estimate of drug-likeness (QED) is 0.0541. The van der Waals surface area contributed by atoms with Gasteiger partial charge in [0.1, 0.15) is 41.7 Å². The number of ether oxygens (including phenoxy) is 3. The predicted octanol–water partition coefficient (Wildman–Crippen LogP) is 7.75. The van der Waals surface area contributed by atoms with E-state index in [1.807, 2.05) is 4.72 Å². The highest BCUT2D eigenvalue weighted by atomic mass is 32.2. The van der Waals surface area contributed by atoms with Crippen molar-refractivity contribution in [1.29, 1.82) is 5.26 Å². The third-order valence-electron chi connectivity index (χ3n) is 8.27. The molecule has 0 unspecified atom stereocenters. The van der Waals surface area contributed by atoms with Crippen LogP contribution < -0.4 is 14.8 Å². The molecule has 0 saturated heterocycles. The number of methoxy groups -OCH3 is 1. The second kappa shape index (κ2) is 17.2. The number of halogens is 3. The van der Waals surface area contributed by atoms with Gasteiger partial charge in [0.25, 0.3) is 10.0 Å². The molecule has 0 aliphatic carbocycles. The first-order valence-corrected chi connectivity index (χ1v) is 22.2. The van der Waals surface area contributed by atoms with E-state index < -0.39 is 41.7 Å². The van der Waals surface area contributed by atoms with E-state index >= 15 is 0 Å². The molecule has 55 heavy (non-hydrogen) atoms. The number of carbonyl (C=O) groups excluding carboxylic acids is 1. The van der Waals surface area contributed by atoms with Gasteiger partial charge in [-0.15, -0.1) is 0 Å². The Labute approximate surface area is 317 Å². The Kier molecular flexibility index (Phi) is 12.7. The van der Waals surface area contributed by atoms with Crippen molar-refractivity contribution in [2.75, 3.05) is 23.8 Å². The van der Waals surface area contributed by atoms with Crippen molar-refractivity contribution in [2.45, 2.75) is 57.7 Å². The van der Waals surface area contributed by atoms with Gasteiger partial charge in [-0.2, -0.15) is 24.2 Å². The third-order valence-corrected chi connectivity index (χ3v) is 10.9. The molecule has 13 nitrogen and oxygen atoms in total. The minimum Gasteiger partial charge on any atom is -0.484 e. The monoisotopic (exact) mass is 795 g/mol. The van der Waals surface area contributed by atoms with Gasteiger partial charge in [0.15, 0.2) is 11.6 Å². The summed E-state index contributed by atoms with van der Waals surface area (Å²) in [7, 11) is -5.22. The van der Waals surface area contributed by atoms with Crippen LogP contribution in [0.25, 0.3) is 11.3 Å². The molecule has 18 heteroatoms. The zero-order valence-electron chi connectivity index (χ0n) is 30.7. The molecule has 0 amide bonds. The standard InChI is InChI=1S/C37H40F3N7O6SSi/c1-24(26-10-13-29(38)14-11-26)53-32-20-28(12-15-31(32)45-54(49,50)37(39)40)34-30(21-41)35(47(44-34)23-52-18-19-55(3,4)5)42-33-16-17-46(43-33)22-25-6-8-27(9-7-25)36(48)51-2/h6-17,20,24,37,45H,18-19,22-23H2,1-5H3,(H,42,43)/t24-/m0/s1. The van der Waals surface area contributed by atoms with Crippen LogP contribution in [0.3, 0.4) is 0 Å². The summed E-state index contributed by atoms with van der Waals surface area (Å²) in [6.45, 7) is 9.06. The lowest BCUT2D eigenvalue weighted by Crippen LogP contribution is -2.22. The molecular weight excluding hydrogens is 756 g/mol. The van der Waals surface area contributed by atoms with Gasteiger partial charge in [-0.3, -0.25) is 9.40 Å². The van der Waals surface area contributed by atoms with Crippen LogP contribution in [0.2, 0.25) is 25.7 Å². The Hall–Kier alpha value is -5.64. The number of anilines is 3. The fourth-order valence-corrected chi connectivity index (χ4v) is 6.57. The Morgan fingerprint density at radius 2 is 1.73 bits per heavy atom. The van der Waals surface area contributed by atoms with E-state index in [1.54, 1.807) is 48.1 Å². The summed E-state index contributed by atoms with van der Waals surface area (Å²) in [5, 5.41) is 23.0. The van der Waals surface area contributed by atoms with Gasteiger partial charge in [-0.05, 0) is 60.5 Å². The molecule has 0 radical (unpaired) electrons. The van der Waals surface area contributed by atoms with Crippen molar-refractivity contribution in [2.24, 2.45) is 0 Å². The molecule has 0 aliphatic heterocycles. The average Bonchev–Trinajstić information content (AvgIpc) is 3.73. The molecule has 0 bridgehead atoms. The molecule has 0 saturated carbocycles. The molecule has 5 aromatic rings. The number of alkyl halides is 2. The molecule has 1 atom stereocenters. The molecular formula is C37H40F3N7O6SSi. The normalized spacial score (nSPS) is 12.3. The minimum atomic E-state index is -5.09. The summed E-state index contributed by atoms with van der Waals surface area (Å²) in [6, 6.07) is 21.1. The minimum absolute atomic E-state index is 0.0357. The van der Waals surface area contributed by atoms with Crippen molar-refractivity contribution in [3.63, 3.8) is 0 Å². The van der Waals surface area contributed by atoms with Crippen LogP contribution in [0.1, 0.15) is 40.1 Å². The van der Waals surface area contributed by atoms with Crippen LogP contribution >= 0.6 is 0 Å². The molecule has 3 aromatic carbocycles. The highest BCUT2D eigenvalue weighted by Gasteiger charge is 2.27. The maximum absolute atomic E-state index is 13.6. The number of nitrogens with one attached hydrogen (secondary N) is 2. The SMILES string of the molecule is COC(=O)c1ccc(Cn2ccc(Nc3c(C#N)c(-c4ccc(NS(=O)(=O)C(F)F)c(O[C@@H](C)c5ccc(F)cc5)c4)nn3COCC[Si](C)(C)C)n2)cc1. The lowest BCUT2D eigenvalue weighted by molar-refractivity contribution is 0.0600. The second-order valence-electron chi connectivity index (χ2n) is 13.7. The molecule has 5 rings (SSSR count). The molecule has 290 valence electrons. The maximum atomic E-state index is 13.6. The van der Waals surface area contributed by atoms with E-state index in [9.17, 15) is 31.6 Å². The smallest absolute Gasteiger partial charge is 0.355 e. The van der Waals surface area contributed by atoms with Crippen molar-refractivity contribution in [3.05, 3.63) is 107 Å². The average molecular weight is 796 g/mol. The second-order valence-corrected chi connectivity index (χ2v) is 20.9. The fourth-order valence-electron chi connectivity index (χ4n) is 5.25. The van der Waals surface area contributed by atoms with E-state index in [0.29, 0.717) is 35.7 Å². The summed E-state index contributed by atoms with van der Waals surface area (Å²) in [5.74, 6) is -4.15. The summed E-state index contributed by atoms with van der Waals surface area (Å²) >= 11 is 0. The largest absolute Gasteiger partial charge is 0.484 e. The Morgan fingerprint density at radius 3 is 2.36 bits per heavy atom. The molecule has 2 N–H and O–H groups in total. The van der Waals surface area contributed by atoms with Gasteiger partial charge in [0, 0.05) is 32.5 Å². The van der Waals surface area contributed by atoms with Crippen molar-refractivity contribution < 1.29 is 40.6 Å². The first kappa shape index (κ1) is 40.5. The van der Waals surface area contributed by atoms with Gasteiger partial charge in [-0.1, -0.05) is 50.0 Å². The topological polar surface area (TPSA) is 162 Å². The lowest BCUT2D eigenvalue weighted by Gasteiger charge is -2.19. The zero-order valence-corrected chi connectivity index (χ0v) is 32.5. The number of hydrogen-bond acceptors (Lipinski definition) is 10. The zero-order chi connectivity index (χ0) is 39.9. The number of nitriles is 1. The first-order chi connectivity index (χ1) is 26.1. The maximum Gasteiger partial charge on any atom is 0.355 e. The molecule has 0 spiro atoms. The van der Waals surface area contributed by atoms with Crippen molar-refractivity contribution >= 4 is 41.4 Å². The Bertz CT molecular complexity index is 2270. The first-order valence-electron chi connectivity index (χ1n) is 17.0. The van der Waals surface area contributed by atoms with Gasteiger partial charge < -0.3 is 19.5 Å². The van der Waals surface area contributed by atoms with Gasteiger partial charge in [0.2, 0.25) is 0 Å². The number of benzene rings is 3. The number of esters is 1. The van der Waals surface area contributed by atoms with E-state index in [0.717, 1.165) is 11.6 Å². The molecule has 0 fully saturated rings. The van der Waals surface area contributed by atoms with Crippen molar-refractivity contribution in [3.8, 4) is 23.1 Å². The van der Waals surface area contributed by atoms with E-state index in [2.05, 4.69) is 36.1 Å². The summed E-state index contributed by atoms with van der Waals surface area (Å²) in [4.78, 5) is 11.8. The van der Waals surface area contributed by atoms with Gasteiger partial charge in [-0.25, -0.2) is 22.3 Å². The van der Waals surface area contributed by atoms with Gasteiger partial charge >= 0.3 is 11.7 Å². The number of carbonyl (C=O) groups is 1. The van der Waals surface area contributed by atoms with Crippen LogP contribution in [0, 0.1) is 17.1 Å². The van der Waals surface area contributed by atoms with E-state index in [1.165, 1.54) is 54.3 Å². The Balaban J connectivity index is 1.50. The number of sulfonamides is 1. The highest BCUT2D eigenvalue weighted by Crippen LogP contribution is 2.38. The summed E-state index contributed by atoms with van der Waals surface area (Å²) in [5.41, 5.74) is 2.06. The fraction of sp³-hybridized carbons (Fsp3) is 0.297. The molecule has 2 heterocycles.